The summed E-state index contributed by atoms with van der Waals surface area (Å²) in [5, 5.41) is 1.16. The molecule has 0 bridgehead atoms. The lowest BCUT2D eigenvalue weighted by Gasteiger charge is -2.35. The van der Waals surface area contributed by atoms with Crippen LogP contribution in [-0.4, -0.2) is 59.6 Å². The molecule has 122 valence electrons. The molecule has 23 heavy (non-hydrogen) atoms. The van der Waals surface area contributed by atoms with Gasteiger partial charge in [0.25, 0.3) is 5.91 Å². The first-order chi connectivity index (χ1) is 11.3. The van der Waals surface area contributed by atoms with Gasteiger partial charge in [-0.15, -0.1) is 11.3 Å². The Morgan fingerprint density at radius 2 is 2.09 bits per heavy atom. The van der Waals surface area contributed by atoms with Crippen LogP contribution in [0.15, 0.2) is 24.3 Å². The predicted molar refractivity (Wildman–Crippen MR) is 90.5 cm³/mol. The van der Waals surface area contributed by atoms with Gasteiger partial charge in [-0.2, -0.15) is 0 Å². The second-order valence-electron chi connectivity index (χ2n) is 6.18. The standard InChI is InChI=1S/C17H21N3O2S/c21-17(14-5-3-11-22-14)20-9-7-19(8-10-20)12-16-18-13-4-1-2-6-15(13)23-16/h1-2,4,6,14H,3,5,7-12H2/t14-/m1/s1. The van der Waals surface area contributed by atoms with Crippen LogP contribution in [0.2, 0.25) is 0 Å². The minimum atomic E-state index is -0.189. The number of aromatic nitrogens is 1. The molecule has 2 aliphatic heterocycles. The van der Waals surface area contributed by atoms with E-state index >= 15 is 0 Å². The Kier molecular flexibility index (Phi) is 4.29. The van der Waals surface area contributed by atoms with Gasteiger partial charge in [-0.25, -0.2) is 4.98 Å². The number of thiazole rings is 1. The predicted octanol–water partition coefficient (Wildman–Crippen LogP) is 2.12. The Hall–Kier alpha value is -1.50. The fourth-order valence-electron chi connectivity index (χ4n) is 3.28. The fourth-order valence-corrected chi connectivity index (χ4v) is 4.29. The number of ether oxygens (including phenoxy) is 1. The van der Waals surface area contributed by atoms with Crippen molar-refractivity contribution in [2.24, 2.45) is 0 Å². The van der Waals surface area contributed by atoms with Crippen molar-refractivity contribution in [3.05, 3.63) is 29.3 Å². The van der Waals surface area contributed by atoms with Crippen LogP contribution in [0.5, 0.6) is 0 Å². The Balaban J connectivity index is 1.33. The van der Waals surface area contributed by atoms with Crippen LogP contribution >= 0.6 is 11.3 Å². The van der Waals surface area contributed by atoms with Crippen molar-refractivity contribution in [2.45, 2.75) is 25.5 Å². The molecule has 0 radical (unpaired) electrons. The molecule has 0 aliphatic carbocycles. The van der Waals surface area contributed by atoms with E-state index in [0.717, 1.165) is 62.7 Å². The summed E-state index contributed by atoms with van der Waals surface area (Å²) in [6, 6.07) is 8.27. The molecule has 4 rings (SSSR count). The zero-order valence-electron chi connectivity index (χ0n) is 13.1. The highest BCUT2D eigenvalue weighted by molar-refractivity contribution is 7.18. The third-order valence-corrected chi connectivity index (χ3v) is 5.61. The molecule has 0 spiro atoms. The molecule has 2 saturated heterocycles. The number of hydrogen-bond acceptors (Lipinski definition) is 5. The summed E-state index contributed by atoms with van der Waals surface area (Å²) >= 11 is 1.77. The Labute approximate surface area is 139 Å². The third kappa shape index (κ3) is 3.24. The lowest BCUT2D eigenvalue weighted by Crippen LogP contribution is -2.51. The minimum Gasteiger partial charge on any atom is -0.368 e. The van der Waals surface area contributed by atoms with Gasteiger partial charge in [0, 0.05) is 32.8 Å². The van der Waals surface area contributed by atoms with Crippen molar-refractivity contribution < 1.29 is 9.53 Å². The van der Waals surface area contributed by atoms with Crippen LogP contribution in [0.25, 0.3) is 10.2 Å². The van der Waals surface area contributed by atoms with E-state index in [1.807, 2.05) is 11.0 Å². The molecule has 1 aromatic carbocycles. The Morgan fingerprint density at radius 1 is 1.26 bits per heavy atom. The van der Waals surface area contributed by atoms with Gasteiger partial charge < -0.3 is 9.64 Å². The highest BCUT2D eigenvalue weighted by Crippen LogP contribution is 2.23. The second kappa shape index (κ2) is 6.55. The van der Waals surface area contributed by atoms with Crippen LogP contribution in [0.3, 0.4) is 0 Å². The number of carbonyl (C=O) groups is 1. The molecule has 5 nitrogen and oxygen atoms in total. The molecule has 6 heteroatoms. The van der Waals surface area contributed by atoms with E-state index in [4.69, 9.17) is 9.72 Å². The van der Waals surface area contributed by atoms with Crippen molar-refractivity contribution in [1.29, 1.82) is 0 Å². The van der Waals surface area contributed by atoms with Crippen LogP contribution < -0.4 is 0 Å². The maximum Gasteiger partial charge on any atom is 0.251 e. The van der Waals surface area contributed by atoms with Gasteiger partial charge in [0.15, 0.2) is 0 Å². The van der Waals surface area contributed by atoms with Gasteiger partial charge in [0.05, 0.1) is 16.8 Å². The normalized spacial score (nSPS) is 22.8. The number of hydrogen-bond donors (Lipinski definition) is 0. The molecular formula is C17H21N3O2S. The largest absolute Gasteiger partial charge is 0.368 e. The van der Waals surface area contributed by atoms with Gasteiger partial charge in [-0.1, -0.05) is 12.1 Å². The number of piperazine rings is 1. The average molecular weight is 331 g/mol. The molecular weight excluding hydrogens is 310 g/mol. The van der Waals surface area contributed by atoms with E-state index in [2.05, 4.69) is 23.1 Å². The third-order valence-electron chi connectivity index (χ3n) is 4.59. The number of carbonyl (C=O) groups excluding carboxylic acids is 1. The Bertz CT molecular complexity index is 655. The minimum absolute atomic E-state index is 0.183. The summed E-state index contributed by atoms with van der Waals surface area (Å²) in [5.74, 6) is 0.183. The van der Waals surface area contributed by atoms with Gasteiger partial charge in [0.1, 0.15) is 11.1 Å². The number of rotatable bonds is 3. The van der Waals surface area contributed by atoms with E-state index in [1.165, 1.54) is 4.70 Å². The van der Waals surface area contributed by atoms with Crippen molar-refractivity contribution >= 4 is 27.5 Å². The van der Waals surface area contributed by atoms with Crippen LogP contribution in [0.1, 0.15) is 17.8 Å². The quantitative estimate of drug-likeness (QED) is 0.864. The SMILES string of the molecule is O=C([C@H]1CCCO1)N1CCN(Cc2nc3ccccc3s2)CC1. The topological polar surface area (TPSA) is 45.7 Å². The second-order valence-corrected chi connectivity index (χ2v) is 7.29. The smallest absolute Gasteiger partial charge is 0.251 e. The zero-order valence-corrected chi connectivity index (χ0v) is 13.9. The molecule has 3 heterocycles. The number of fused-ring (bicyclic) bond motifs is 1. The van der Waals surface area contributed by atoms with E-state index in [9.17, 15) is 4.79 Å². The molecule has 0 N–H and O–H groups in total. The molecule has 1 atom stereocenters. The van der Waals surface area contributed by atoms with Gasteiger partial charge in [-0.05, 0) is 25.0 Å². The zero-order chi connectivity index (χ0) is 15.6. The number of para-hydroxylation sites is 1. The molecule has 2 aliphatic rings. The monoisotopic (exact) mass is 331 g/mol. The molecule has 1 amide bonds. The van der Waals surface area contributed by atoms with Gasteiger partial charge in [-0.3, -0.25) is 9.69 Å². The summed E-state index contributed by atoms with van der Waals surface area (Å²) in [7, 11) is 0. The van der Waals surface area contributed by atoms with Crippen LogP contribution in [-0.2, 0) is 16.1 Å². The van der Waals surface area contributed by atoms with Crippen LogP contribution in [0, 0.1) is 0 Å². The van der Waals surface area contributed by atoms with E-state index in [-0.39, 0.29) is 12.0 Å². The molecule has 0 unspecified atom stereocenters. The molecule has 2 fully saturated rings. The number of benzene rings is 1. The first-order valence-corrected chi connectivity index (χ1v) is 9.08. The summed E-state index contributed by atoms with van der Waals surface area (Å²) in [6.07, 6.45) is 1.70. The Morgan fingerprint density at radius 3 is 2.83 bits per heavy atom. The molecule has 2 aromatic rings. The van der Waals surface area contributed by atoms with Gasteiger partial charge >= 0.3 is 0 Å². The first-order valence-electron chi connectivity index (χ1n) is 8.27. The maximum atomic E-state index is 12.4. The van der Waals surface area contributed by atoms with Gasteiger partial charge in [0.2, 0.25) is 0 Å². The van der Waals surface area contributed by atoms with E-state index in [0.29, 0.717) is 0 Å². The lowest BCUT2D eigenvalue weighted by molar-refractivity contribution is -0.142. The lowest BCUT2D eigenvalue weighted by atomic mass is 10.2. The summed E-state index contributed by atoms with van der Waals surface area (Å²) < 4.78 is 6.76. The average Bonchev–Trinajstić information content (AvgIpc) is 3.24. The maximum absolute atomic E-state index is 12.4. The molecule has 1 aromatic heterocycles. The molecule has 0 saturated carbocycles. The van der Waals surface area contributed by atoms with Crippen LogP contribution in [0.4, 0.5) is 0 Å². The highest BCUT2D eigenvalue weighted by Gasteiger charge is 2.30. The van der Waals surface area contributed by atoms with Crippen molar-refractivity contribution in [1.82, 2.24) is 14.8 Å². The van der Waals surface area contributed by atoms with E-state index < -0.39 is 0 Å². The van der Waals surface area contributed by atoms with Crippen molar-refractivity contribution in [3.63, 3.8) is 0 Å². The van der Waals surface area contributed by atoms with Crippen molar-refractivity contribution in [2.75, 3.05) is 32.8 Å². The fraction of sp³-hybridized carbons (Fsp3) is 0.529. The first kappa shape index (κ1) is 15.1. The summed E-state index contributed by atoms with van der Waals surface area (Å²) in [4.78, 5) is 21.4. The van der Waals surface area contributed by atoms with E-state index in [1.54, 1.807) is 11.3 Å². The number of amides is 1. The highest BCUT2D eigenvalue weighted by atomic mass is 32.1. The van der Waals surface area contributed by atoms with Crippen molar-refractivity contribution in [3.8, 4) is 0 Å². The summed E-state index contributed by atoms with van der Waals surface area (Å²) in [6.45, 7) is 5.02. The summed E-state index contributed by atoms with van der Waals surface area (Å²) in [5.41, 5.74) is 1.08. The number of nitrogens with zero attached hydrogens (tertiary/aromatic N) is 3.